The molecule has 0 amide bonds. The van der Waals surface area contributed by atoms with E-state index in [9.17, 15) is 4.39 Å². The maximum absolute atomic E-state index is 12.8. The highest BCUT2D eigenvalue weighted by Crippen LogP contribution is 2.28. The van der Waals surface area contributed by atoms with Crippen LogP contribution in [0.4, 0.5) is 4.39 Å². The molecule has 0 bridgehead atoms. The lowest BCUT2D eigenvalue weighted by Crippen LogP contribution is -2.33. The number of hydrogen-bond acceptors (Lipinski definition) is 1. The molecule has 16 heavy (non-hydrogen) atoms. The van der Waals surface area contributed by atoms with Crippen LogP contribution in [0.2, 0.25) is 0 Å². The second-order valence-electron chi connectivity index (χ2n) is 4.69. The Hall–Kier alpha value is -0.890. The van der Waals surface area contributed by atoms with E-state index in [-0.39, 0.29) is 5.82 Å². The van der Waals surface area contributed by atoms with Gasteiger partial charge in [0.05, 0.1) is 0 Å². The molecule has 1 aromatic rings. The number of nitrogens with one attached hydrogen (secondary N) is 1. The monoisotopic (exact) mass is 221 g/mol. The highest BCUT2D eigenvalue weighted by Gasteiger charge is 2.26. The van der Waals surface area contributed by atoms with E-state index in [1.807, 2.05) is 12.1 Å². The fraction of sp³-hybridized carbons (Fsp3) is 0.571. The molecular weight excluding hydrogens is 201 g/mol. The summed E-state index contributed by atoms with van der Waals surface area (Å²) in [6.45, 7) is 3.21. The van der Waals surface area contributed by atoms with Crippen LogP contribution in [0.25, 0.3) is 0 Å². The van der Waals surface area contributed by atoms with E-state index in [1.165, 1.54) is 24.8 Å². The first kappa shape index (κ1) is 11.6. The van der Waals surface area contributed by atoms with Crippen molar-refractivity contribution < 1.29 is 4.39 Å². The molecule has 0 saturated heterocycles. The molecule has 1 aromatic carbocycles. The van der Waals surface area contributed by atoms with E-state index < -0.39 is 0 Å². The van der Waals surface area contributed by atoms with Gasteiger partial charge < -0.3 is 5.32 Å². The third kappa shape index (κ3) is 2.82. The molecule has 2 rings (SSSR count). The summed E-state index contributed by atoms with van der Waals surface area (Å²) >= 11 is 0. The Bertz CT molecular complexity index is 320. The summed E-state index contributed by atoms with van der Waals surface area (Å²) in [5, 5.41) is 3.55. The average molecular weight is 221 g/mol. The molecule has 88 valence electrons. The average Bonchev–Trinajstić information content (AvgIpc) is 2.70. The predicted octanol–water partition coefficient (Wildman–Crippen LogP) is 3.15. The van der Waals surface area contributed by atoms with Crippen LogP contribution < -0.4 is 5.32 Å². The molecule has 2 heteroatoms. The van der Waals surface area contributed by atoms with Crippen molar-refractivity contribution in [3.05, 3.63) is 35.6 Å². The Morgan fingerprint density at radius 2 is 2.00 bits per heavy atom. The van der Waals surface area contributed by atoms with Gasteiger partial charge in [-0.05, 0) is 49.4 Å². The van der Waals surface area contributed by atoms with Gasteiger partial charge >= 0.3 is 0 Å². The molecule has 0 aliphatic heterocycles. The van der Waals surface area contributed by atoms with Gasteiger partial charge in [-0.25, -0.2) is 4.39 Å². The third-order valence-corrected chi connectivity index (χ3v) is 3.54. The fourth-order valence-corrected chi connectivity index (χ4v) is 2.74. The Morgan fingerprint density at radius 1 is 1.25 bits per heavy atom. The maximum atomic E-state index is 12.8. The first-order valence-electron chi connectivity index (χ1n) is 6.27. The Balaban J connectivity index is 1.95. The molecule has 1 fully saturated rings. The molecule has 1 nitrogen and oxygen atoms in total. The standard InChI is InChI=1S/C14H20FN/c1-2-16-14-5-3-4-12(14)10-11-6-8-13(15)9-7-11/h6-9,12,14,16H,2-5,10H2,1H3. The van der Waals surface area contributed by atoms with Gasteiger partial charge in [-0.3, -0.25) is 0 Å². The largest absolute Gasteiger partial charge is 0.314 e. The van der Waals surface area contributed by atoms with Crippen LogP contribution in [0, 0.1) is 11.7 Å². The summed E-state index contributed by atoms with van der Waals surface area (Å²) in [6, 6.07) is 7.61. The van der Waals surface area contributed by atoms with Crippen molar-refractivity contribution >= 4 is 0 Å². The fourth-order valence-electron chi connectivity index (χ4n) is 2.74. The third-order valence-electron chi connectivity index (χ3n) is 3.54. The minimum atomic E-state index is -0.140. The minimum absolute atomic E-state index is 0.140. The SMILES string of the molecule is CCNC1CCCC1Cc1ccc(F)cc1. The van der Waals surface area contributed by atoms with Gasteiger partial charge in [0, 0.05) is 6.04 Å². The van der Waals surface area contributed by atoms with Crippen LogP contribution in [-0.4, -0.2) is 12.6 Å². The first-order valence-corrected chi connectivity index (χ1v) is 6.27. The van der Waals surface area contributed by atoms with Crippen molar-refractivity contribution in [1.82, 2.24) is 5.32 Å². The zero-order chi connectivity index (χ0) is 11.4. The lowest BCUT2D eigenvalue weighted by molar-refractivity contribution is 0.406. The van der Waals surface area contributed by atoms with Gasteiger partial charge in [0.15, 0.2) is 0 Å². The lowest BCUT2D eigenvalue weighted by atomic mass is 9.94. The van der Waals surface area contributed by atoms with Crippen molar-refractivity contribution in [2.45, 2.75) is 38.6 Å². The maximum Gasteiger partial charge on any atom is 0.123 e. The number of benzene rings is 1. The Morgan fingerprint density at radius 3 is 2.69 bits per heavy atom. The van der Waals surface area contributed by atoms with E-state index in [2.05, 4.69) is 12.2 Å². The van der Waals surface area contributed by atoms with Gasteiger partial charge in [-0.1, -0.05) is 25.5 Å². The molecule has 2 atom stereocenters. The minimum Gasteiger partial charge on any atom is -0.314 e. The predicted molar refractivity (Wildman–Crippen MR) is 64.9 cm³/mol. The van der Waals surface area contributed by atoms with E-state index in [0.717, 1.165) is 18.9 Å². The molecule has 2 unspecified atom stereocenters. The van der Waals surface area contributed by atoms with Crippen LogP contribution in [0.5, 0.6) is 0 Å². The normalized spacial score (nSPS) is 24.9. The molecule has 1 aliphatic rings. The summed E-state index contributed by atoms with van der Waals surface area (Å²) in [7, 11) is 0. The van der Waals surface area contributed by atoms with E-state index in [1.54, 1.807) is 12.1 Å². The van der Waals surface area contributed by atoms with E-state index in [0.29, 0.717) is 6.04 Å². The Labute approximate surface area is 97.1 Å². The second-order valence-corrected chi connectivity index (χ2v) is 4.69. The van der Waals surface area contributed by atoms with Crippen molar-refractivity contribution in [2.24, 2.45) is 5.92 Å². The zero-order valence-corrected chi connectivity index (χ0v) is 9.88. The number of halogens is 1. The number of hydrogen-bond donors (Lipinski definition) is 1. The van der Waals surface area contributed by atoms with Crippen LogP contribution in [0.15, 0.2) is 24.3 Å². The quantitative estimate of drug-likeness (QED) is 0.823. The summed E-state index contributed by atoms with van der Waals surface area (Å²) < 4.78 is 12.8. The number of rotatable bonds is 4. The van der Waals surface area contributed by atoms with Gasteiger partial charge in [0.2, 0.25) is 0 Å². The second kappa shape index (κ2) is 5.44. The topological polar surface area (TPSA) is 12.0 Å². The molecule has 0 heterocycles. The van der Waals surface area contributed by atoms with Crippen LogP contribution in [0.3, 0.4) is 0 Å². The molecular formula is C14H20FN. The lowest BCUT2D eigenvalue weighted by Gasteiger charge is -2.20. The first-order chi connectivity index (χ1) is 7.79. The molecule has 1 saturated carbocycles. The van der Waals surface area contributed by atoms with Gasteiger partial charge in [0.25, 0.3) is 0 Å². The van der Waals surface area contributed by atoms with Crippen LogP contribution in [0.1, 0.15) is 31.7 Å². The summed E-state index contributed by atoms with van der Waals surface area (Å²) in [6.07, 6.45) is 5.00. The van der Waals surface area contributed by atoms with Gasteiger partial charge in [-0.15, -0.1) is 0 Å². The Kier molecular flexibility index (Phi) is 3.94. The van der Waals surface area contributed by atoms with Gasteiger partial charge in [0.1, 0.15) is 5.82 Å². The zero-order valence-electron chi connectivity index (χ0n) is 9.88. The summed E-state index contributed by atoms with van der Waals surface area (Å²) in [4.78, 5) is 0. The molecule has 1 aliphatic carbocycles. The molecule has 0 radical (unpaired) electrons. The van der Waals surface area contributed by atoms with E-state index >= 15 is 0 Å². The molecule has 0 spiro atoms. The van der Waals surface area contributed by atoms with Crippen LogP contribution in [-0.2, 0) is 6.42 Å². The van der Waals surface area contributed by atoms with Crippen molar-refractivity contribution in [3.8, 4) is 0 Å². The summed E-state index contributed by atoms with van der Waals surface area (Å²) in [5.41, 5.74) is 1.26. The smallest absolute Gasteiger partial charge is 0.123 e. The molecule has 0 aromatic heterocycles. The van der Waals surface area contributed by atoms with Crippen molar-refractivity contribution in [2.75, 3.05) is 6.54 Å². The van der Waals surface area contributed by atoms with Crippen molar-refractivity contribution in [3.63, 3.8) is 0 Å². The van der Waals surface area contributed by atoms with Crippen LogP contribution >= 0.6 is 0 Å². The van der Waals surface area contributed by atoms with Crippen molar-refractivity contribution in [1.29, 1.82) is 0 Å². The van der Waals surface area contributed by atoms with E-state index in [4.69, 9.17) is 0 Å². The highest BCUT2D eigenvalue weighted by molar-refractivity contribution is 5.17. The highest BCUT2D eigenvalue weighted by atomic mass is 19.1. The molecule has 1 N–H and O–H groups in total. The summed E-state index contributed by atoms with van der Waals surface area (Å²) in [5.74, 6) is 0.587. The van der Waals surface area contributed by atoms with Gasteiger partial charge in [-0.2, -0.15) is 0 Å².